The van der Waals surface area contributed by atoms with Crippen LogP contribution >= 0.6 is 0 Å². The van der Waals surface area contributed by atoms with Gasteiger partial charge in [-0.2, -0.15) is 0 Å². The monoisotopic (exact) mass is 214 g/mol. The van der Waals surface area contributed by atoms with E-state index in [1.54, 1.807) is 0 Å². The zero-order chi connectivity index (χ0) is 11.4. The molecule has 15 heavy (non-hydrogen) atoms. The second-order valence-corrected chi connectivity index (χ2v) is 5.33. The van der Waals surface area contributed by atoms with E-state index in [9.17, 15) is 5.11 Å². The summed E-state index contributed by atoms with van der Waals surface area (Å²) in [4.78, 5) is 4.81. The van der Waals surface area contributed by atoms with Gasteiger partial charge in [0, 0.05) is 25.2 Å². The average molecular weight is 214 g/mol. The Bertz CT molecular complexity index is 184. The first-order valence-corrected chi connectivity index (χ1v) is 6.09. The summed E-state index contributed by atoms with van der Waals surface area (Å²) in [6.45, 7) is 10.3. The molecule has 1 aliphatic heterocycles. The smallest absolute Gasteiger partial charge is 0.0599 e. The number of aliphatic hydroxyl groups excluding tert-OH is 1. The van der Waals surface area contributed by atoms with Crippen LogP contribution in [0.5, 0.6) is 0 Å². The third-order valence-electron chi connectivity index (χ3n) is 3.27. The Labute approximate surface area is 94.1 Å². The highest BCUT2D eigenvalue weighted by atomic mass is 16.3. The molecule has 0 aromatic carbocycles. The van der Waals surface area contributed by atoms with Gasteiger partial charge < -0.3 is 10.0 Å². The minimum Gasteiger partial charge on any atom is -0.395 e. The molecule has 0 bridgehead atoms. The van der Waals surface area contributed by atoms with E-state index in [0.717, 1.165) is 19.6 Å². The number of hydrogen-bond donors (Lipinski definition) is 1. The third-order valence-corrected chi connectivity index (χ3v) is 3.27. The Kier molecular flexibility index (Phi) is 5.03. The molecule has 0 spiro atoms. The lowest BCUT2D eigenvalue weighted by atomic mass is 10.1. The van der Waals surface area contributed by atoms with Crippen molar-refractivity contribution in [1.82, 2.24) is 9.80 Å². The predicted octanol–water partition coefficient (Wildman–Crippen LogP) is 1.03. The fraction of sp³-hybridized carbons (Fsp3) is 1.00. The Morgan fingerprint density at radius 3 is 2.60 bits per heavy atom. The van der Waals surface area contributed by atoms with Crippen LogP contribution in [0.15, 0.2) is 0 Å². The maximum absolute atomic E-state index is 9.47. The summed E-state index contributed by atoms with van der Waals surface area (Å²) in [6, 6.07) is 0.907. The molecule has 1 saturated heterocycles. The Hall–Kier alpha value is -0.120. The zero-order valence-electron chi connectivity index (χ0n) is 10.6. The molecule has 0 aromatic rings. The van der Waals surface area contributed by atoms with E-state index < -0.39 is 0 Å². The van der Waals surface area contributed by atoms with Crippen molar-refractivity contribution in [1.29, 1.82) is 0 Å². The Morgan fingerprint density at radius 1 is 1.40 bits per heavy atom. The molecule has 2 unspecified atom stereocenters. The normalized spacial score (nSPS) is 30.8. The summed E-state index contributed by atoms with van der Waals surface area (Å²) in [6.07, 6.45) is 1.21. The van der Waals surface area contributed by atoms with Gasteiger partial charge >= 0.3 is 0 Å². The van der Waals surface area contributed by atoms with Gasteiger partial charge in [-0.25, -0.2) is 0 Å². The van der Waals surface area contributed by atoms with E-state index in [2.05, 4.69) is 37.6 Å². The molecular formula is C12H26N2O. The van der Waals surface area contributed by atoms with Gasteiger partial charge in [0.2, 0.25) is 0 Å². The van der Waals surface area contributed by atoms with Crippen LogP contribution in [0.4, 0.5) is 0 Å². The molecule has 1 N–H and O–H groups in total. The van der Waals surface area contributed by atoms with E-state index >= 15 is 0 Å². The van der Waals surface area contributed by atoms with Crippen LogP contribution in [-0.2, 0) is 0 Å². The molecule has 1 aliphatic rings. The number of aliphatic hydroxyl groups is 1. The number of nitrogens with zero attached hydrogens (tertiary/aromatic N) is 2. The summed E-state index contributed by atoms with van der Waals surface area (Å²) in [7, 11) is 2.15. The first-order chi connectivity index (χ1) is 7.04. The molecule has 1 rings (SSSR count). The van der Waals surface area contributed by atoms with Gasteiger partial charge in [0.15, 0.2) is 0 Å². The lowest BCUT2D eigenvalue weighted by molar-refractivity contribution is 0.0789. The van der Waals surface area contributed by atoms with E-state index in [1.165, 1.54) is 6.42 Å². The van der Waals surface area contributed by atoms with Crippen LogP contribution in [-0.4, -0.2) is 60.3 Å². The minimum absolute atomic E-state index is 0.279. The van der Waals surface area contributed by atoms with Crippen molar-refractivity contribution in [2.45, 2.75) is 39.3 Å². The minimum atomic E-state index is 0.279. The number of rotatable bonds is 3. The van der Waals surface area contributed by atoms with Crippen molar-refractivity contribution in [3.63, 3.8) is 0 Å². The number of hydrogen-bond acceptors (Lipinski definition) is 3. The second kappa shape index (κ2) is 5.83. The topological polar surface area (TPSA) is 26.7 Å². The van der Waals surface area contributed by atoms with E-state index in [4.69, 9.17) is 0 Å². The summed E-state index contributed by atoms with van der Waals surface area (Å²) in [5, 5.41) is 9.47. The van der Waals surface area contributed by atoms with E-state index in [-0.39, 0.29) is 6.61 Å². The summed E-state index contributed by atoms with van der Waals surface area (Å²) >= 11 is 0. The Balaban J connectivity index is 2.67. The van der Waals surface area contributed by atoms with Crippen LogP contribution in [0.25, 0.3) is 0 Å². The fourth-order valence-electron chi connectivity index (χ4n) is 2.40. The molecular weight excluding hydrogens is 188 g/mol. The zero-order valence-corrected chi connectivity index (χ0v) is 10.6. The maximum atomic E-state index is 9.47. The Morgan fingerprint density at radius 2 is 2.07 bits per heavy atom. The van der Waals surface area contributed by atoms with Crippen molar-refractivity contribution in [3.05, 3.63) is 0 Å². The van der Waals surface area contributed by atoms with Crippen molar-refractivity contribution in [2.24, 2.45) is 5.92 Å². The molecule has 0 aliphatic carbocycles. The molecule has 1 heterocycles. The van der Waals surface area contributed by atoms with Gasteiger partial charge in [0.05, 0.1) is 6.61 Å². The van der Waals surface area contributed by atoms with E-state index in [1.807, 2.05) is 0 Å². The lowest BCUT2D eigenvalue weighted by Crippen LogP contribution is -2.47. The average Bonchev–Trinajstić information content (AvgIpc) is 2.30. The molecule has 0 aromatic heterocycles. The standard InChI is InChI=1S/C12H26N2O/c1-10(2)7-14-11(3)5-6-13(4)8-12(14)9-15/h10-12,15H,5-9H2,1-4H3. The van der Waals surface area contributed by atoms with Crippen LogP contribution in [0.3, 0.4) is 0 Å². The van der Waals surface area contributed by atoms with Gasteiger partial charge in [-0.15, -0.1) is 0 Å². The molecule has 0 amide bonds. The highest BCUT2D eigenvalue weighted by Crippen LogP contribution is 2.16. The van der Waals surface area contributed by atoms with Crippen LogP contribution < -0.4 is 0 Å². The molecule has 0 saturated carbocycles. The van der Waals surface area contributed by atoms with Crippen molar-refractivity contribution in [2.75, 3.05) is 33.3 Å². The largest absolute Gasteiger partial charge is 0.395 e. The molecule has 0 radical (unpaired) electrons. The fourth-order valence-corrected chi connectivity index (χ4v) is 2.40. The quantitative estimate of drug-likeness (QED) is 0.760. The van der Waals surface area contributed by atoms with Gasteiger partial charge in [0.25, 0.3) is 0 Å². The predicted molar refractivity (Wildman–Crippen MR) is 64.0 cm³/mol. The summed E-state index contributed by atoms with van der Waals surface area (Å²) in [5.41, 5.74) is 0. The molecule has 1 fully saturated rings. The van der Waals surface area contributed by atoms with Gasteiger partial charge in [0.1, 0.15) is 0 Å². The lowest BCUT2D eigenvalue weighted by Gasteiger charge is -2.35. The van der Waals surface area contributed by atoms with Gasteiger partial charge in [-0.1, -0.05) is 13.8 Å². The van der Waals surface area contributed by atoms with Crippen molar-refractivity contribution >= 4 is 0 Å². The van der Waals surface area contributed by atoms with Gasteiger partial charge in [-0.3, -0.25) is 4.90 Å². The van der Waals surface area contributed by atoms with E-state index in [0.29, 0.717) is 18.0 Å². The van der Waals surface area contributed by atoms with Crippen molar-refractivity contribution < 1.29 is 5.11 Å². The molecule has 3 nitrogen and oxygen atoms in total. The molecule has 3 heteroatoms. The van der Waals surface area contributed by atoms with Crippen LogP contribution in [0.2, 0.25) is 0 Å². The molecule has 2 atom stereocenters. The van der Waals surface area contributed by atoms with Crippen LogP contribution in [0, 0.1) is 5.92 Å². The van der Waals surface area contributed by atoms with Gasteiger partial charge in [-0.05, 0) is 32.9 Å². The SMILES string of the molecule is CC(C)CN1C(C)CCN(C)CC1CO. The first-order valence-electron chi connectivity index (χ1n) is 6.09. The van der Waals surface area contributed by atoms with Crippen LogP contribution in [0.1, 0.15) is 27.2 Å². The first kappa shape index (κ1) is 12.9. The highest BCUT2D eigenvalue weighted by Gasteiger charge is 2.27. The third kappa shape index (κ3) is 3.74. The summed E-state index contributed by atoms with van der Waals surface area (Å²) < 4.78 is 0. The van der Waals surface area contributed by atoms with Crippen molar-refractivity contribution in [3.8, 4) is 0 Å². The number of likely N-dealkylation sites (N-methyl/N-ethyl adjacent to an activating group) is 1. The maximum Gasteiger partial charge on any atom is 0.0599 e. The molecule has 90 valence electrons. The highest BCUT2D eigenvalue weighted by molar-refractivity contribution is 4.83. The summed E-state index contributed by atoms with van der Waals surface area (Å²) in [5.74, 6) is 0.671. The second-order valence-electron chi connectivity index (χ2n) is 5.33.